The largest absolute Gasteiger partial charge is 0.282 e. The number of halogens is 1. The molecular formula is C10H8FN3S. The second-order valence-corrected chi connectivity index (χ2v) is 3.32. The minimum Gasteiger partial charge on any atom is -0.282 e. The first-order chi connectivity index (χ1) is 7.24. The molecule has 2 aromatic rings. The monoisotopic (exact) mass is 221 g/mol. The highest BCUT2D eigenvalue weighted by atomic mass is 32.1. The van der Waals surface area contributed by atoms with Crippen LogP contribution in [0.4, 0.5) is 4.39 Å². The molecule has 5 heteroatoms. The van der Waals surface area contributed by atoms with Gasteiger partial charge in [0, 0.05) is 0 Å². The van der Waals surface area contributed by atoms with Gasteiger partial charge in [0.2, 0.25) is 4.77 Å². The van der Waals surface area contributed by atoms with E-state index in [0.717, 1.165) is 5.56 Å². The van der Waals surface area contributed by atoms with Crippen LogP contribution in [0.5, 0.6) is 0 Å². The molecule has 0 aliphatic heterocycles. The van der Waals surface area contributed by atoms with Crippen LogP contribution in [-0.4, -0.2) is 15.2 Å². The van der Waals surface area contributed by atoms with Gasteiger partial charge in [-0.15, -0.1) is 0 Å². The van der Waals surface area contributed by atoms with Crippen LogP contribution in [0.25, 0.3) is 12.2 Å². The number of nitrogens with one attached hydrogen (secondary N) is 2. The highest BCUT2D eigenvalue weighted by Crippen LogP contribution is 2.06. The molecule has 0 saturated carbocycles. The minimum atomic E-state index is -0.244. The van der Waals surface area contributed by atoms with Crippen molar-refractivity contribution in [2.45, 2.75) is 0 Å². The zero-order valence-electron chi connectivity index (χ0n) is 7.70. The van der Waals surface area contributed by atoms with Gasteiger partial charge in [-0.3, -0.25) is 10.2 Å². The van der Waals surface area contributed by atoms with Gasteiger partial charge >= 0.3 is 0 Å². The Hall–Kier alpha value is -1.75. The van der Waals surface area contributed by atoms with E-state index in [1.54, 1.807) is 18.2 Å². The predicted octanol–water partition coefficient (Wildman–Crippen LogP) is 2.78. The molecule has 0 radical (unpaired) electrons. The van der Waals surface area contributed by atoms with Gasteiger partial charge in [-0.25, -0.2) is 9.37 Å². The molecule has 0 unspecified atom stereocenters. The van der Waals surface area contributed by atoms with Crippen molar-refractivity contribution in [2.24, 2.45) is 0 Å². The fourth-order valence-electron chi connectivity index (χ4n) is 1.11. The Morgan fingerprint density at radius 1 is 1.13 bits per heavy atom. The van der Waals surface area contributed by atoms with Gasteiger partial charge in [0.15, 0.2) is 0 Å². The van der Waals surface area contributed by atoms with Crippen LogP contribution in [0.2, 0.25) is 0 Å². The molecule has 2 N–H and O–H groups in total. The van der Waals surface area contributed by atoms with Crippen molar-refractivity contribution in [3.8, 4) is 0 Å². The summed E-state index contributed by atoms with van der Waals surface area (Å²) in [5.41, 5.74) is 0.902. The summed E-state index contributed by atoms with van der Waals surface area (Å²) < 4.78 is 13.0. The maximum Gasteiger partial charge on any atom is 0.213 e. The average molecular weight is 221 g/mol. The molecule has 0 bridgehead atoms. The lowest BCUT2D eigenvalue weighted by atomic mass is 10.2. The summed E-state index contributed by atoms with van der Waals surface area (Å²) in [6, 6.07) is 6.19. The number of nitrogens with zero attached hydrogens (tertiary/aromatic N) is 1. The topological polar surface area (TPSA) is 44.5 Å². The SMILES string of the molecule is Fc1ccc(/C=C/c2nc(=S)[nH][nH]2)cc1. The first-order valence-corrected chi connectivity index (χ1v) is 4.73. The molecular weight excluding hydrogens is 213 g/mol. The molecule has 2 rings (SSSR count). The number of aromatic amines is 2. The molecule has 0 atom stereocenters. The summed E-state index contributed by atoms with van der Waals surface area (Å²) in [5.74, 6) is 0.399. The zero-order valence-corrected chi connectivity index (χ0v) is 8.51. The number of H-pyrrole nitrogens is 2. The van der Waals surface area contributed by atoms with Gasteiger partial charge in [0.1, 0.15) is 11.6 Å². The number of aromatic nitrogens is 3. The van der Waals surface area contributed by atoms with Crippen molar-refractivity contribution >= 4 is 24.4 Å². The number of rotatable bonds is 2. The molecule has 3 nitrogen and oxygen atoms in total. The van der Waals surface area contributed by atoms with E-state index in [-0.39, 0.29) is 5.82 Å². The van der Waals surface area contributed by atoms with Gasteiger partial charge in [0.05, 0.1) is 0 Å². The van der Waals surface area contributed by atoms with E-state index in [1.165, 1.54) is 12.1 Å². The third kappa shape index (κ3) is 2.60. The Morgan fingerprint density at radius 2 is 1.87 bits per heavy atom. The maximum absolute atomic E-state index is 12.6. The molecule has 1 aromatic heterocycles. The van der Waals surface area contributed by atoms with Crippen molar-refractivity contribution < 1.29 is 4.39 Å². The molecule has 0 amide bonds. The first kappa shape index (κ1) is 9.79. The van der Waals surface area contributed by atoms with Crippen molar-refractivity contribution in [3.63, 3.8) is 0 Å². The van der Waals surface area contributed by atoms with Crippen LogP contribution >= 0.6 is 12.2 Å². The van der Waals surface area contributed by atoms with Crippen molar-refractivity contribution in [2.75, 3.05) is 0 Å². The van der Waals surface area contributed by atoms with Crippen LogP contribution in [0, 0.1) is 10.6 Å². The minimum absolute atomic E-state index is 0.244. The molecule has 0 fully saturated rings. The van der Waals surface area contributed by atoms with E-state index in [4.69, 9.17) is 12.2 Å². The molecule has 76 valence electrons. The Bertz CT molecular complexity index is 524. The molecule has 1 heterocycles. The summed E-state index contributed by atoms with van der Waals surface area (Å²) in [7, 11) is 0. The molecule has 15 heavy (non-hydrogen) atoms. The summed E-state index contributed by atoms with van der Waals surface area (Å²) in [4.78, 5) is 3.99. The van der Waals surface area contributed by atoms with E-state index in [0.29, 0.717) is 10.6 Å². The van der Waals surface area contributed by atoms with Crippen LogP contribution in [-0.2, 0) is 0 Å². The summed E-state index contributed by atoms with van der Waals surface area (Å²) >= 11 is 4.80. The zero-order chi connectivity index (χ0) is 10.7. The lowest BCUT2D eigenvalue weighted by Gasteiger charge is -1.91. The second-order valence-electron chi connectivity index (χ2n) is 2.94. The van der Waals surface area contributed by atoms with E-state index in [9.17, 15) is 4.39 Å². The van der Waals surface area contributed by atoms with Crippen LogP contribution in [0.3, 0.4) is 0 Å². The van der Waals surface area contributed by atoms with E-state index in [1.807, 2.05) is 6.08 Å². The van der Waals surface area contributed by atoms with Crippen molar-refractivity contribution in [1.29, 1.82) is 0 Å². The Morgan fingerprint density at radius 3 is 2.47 bits per heavy atom. The Balaban J connectivity index is 2.18. The van der Waals surface area contributed by atoms with Gasteiger partial charge in [-0.05, 0) is 36.0 Å². The summed E-state index contributed by atoms with van der Waals surface area (Å²) in [6.45, 7) is 0. The smallest absolute Gasteiger partial charge is 0.213 e. The molecule has 0 aliphatic carbocycles. The van der Waals surface area contributed by atoms with Crippen LogP contribution in [0.15, 0.2) is 24.3 Å². The van der Waals surface area contributed by atoms with E-state index < -0.39 is 0 Å². The third-order valence-electron chi connectivity index (χ3n) is 1.82. The number of hydrogen-bond donors (Lipinski definition) is 2. The fourth-order valence-corrected chi connectivity index (χ4v) is 1.26. The molecule has 1 aromatic carbocycles. The van der Waals surface area contributed by atoms with Gasteiger partial charge in [-0.2, -0.15) is 0 Å². The van der Waals surface area contributed by atoms with Gasteiger partial charge < -0.3 is 0 Å². The Labute approximate surface area is 90.7 Å². The van der Waals surface area contributed by atoms with Gasteiger partial charge in [-0.1, -0.05) is 18.2 Å². The quantitative estimate of drug-likeness (QED) is 0.766. The van der Waals surface area contributed by atoms with Crippen LogP contribution in [0.1, 0.15) is 11.4 Å². The lowest BCUT2D eigenvalue weighted by Crippen LogP contribution is -1.76. The molecule has 0 saturated heterocycles. The normalized spacial score (nSPS) is 11.0. The van der Waals surface area contributed by atoms with E-state index >= 15 is 0 Å². The van der Waals surface area contributed by atoms with Crippen molar-refractivity contribution in [1.82, 2.24) is 15.2 Å². The van der Waals surface area contributed by atoms with E-state index in [2.05, 4.69) is 15.2 Å². The molecule has 0 spiro atoms. The fraction of sp³-hybridized carbons (Fsp3) is 0. The highest BCUT2D eigenvalue weighted by molar-refractivity contribution is 7.71. The van der Waals surface area contributed by atoms with Gasteiger partial charge in [0.25, 0.3) is 0 Å². The highest BCUT2D eigenvalue weighted by Gasteiger charge is 1.91. The number of benzene rings is 1. The molecule has 0 aliphatic rings. The number of hydrogen-bond acceptors (Lipinski definition) is 2. The maximum atomic E-state index is 12.6. The lowest BCUT2D eigenvalue weighted by molar-refractivity contribution is 0.628. The second kappa shape index (κ2) is 4.18. The van der Waals surface area contributed by atoms with Crippen molar-refractivity contribution in [3.05, 3.63) is 46.2 Å². The third-order valence-corrected chi connectivity index (χ3v) is 2.02. The summed E-state index contributed by atoms with van der Waals surface area (Å²) in [6.07, 6.45) is 3.58. The standard InChI is InChI=1S/C10H8FN3S/c11-8-4-1-7(2-5-8)3-6-9-12-10(15)14-13-9/h1-6H,(H2,12,13,14,15)/b6-3+. The Kier molecular flexibility index (Phi) is 2.73. The first-order valence-electron chi connectivity index (χ1n) is 4.32. The predicted molar refractivity (Wildman–Crippen MR) is 59.1 cm³/mol. The summed E-state index contributed by atoms with van der Waals surface area (Å²) in [5, 5.41) is 5.47. The van der Waals surface area contributed by atoms with Crippen LogP contribution < -0.4 is 0 Å². The average Bonchev–Trinajstić information content (AvgIpc) is 2.64.